The molecule has 0 amide bonds. The average molecular weight is 342 g/mol. The van der Waals surface area contributed by atoms with Gasteiger partial charge < -0.3 is 5.32 Å². The van der Waals surface area contributed by atoms with Crippen molar-refractivity contribution in [1.29, 1.82) is 0 Å². The highest BCUT2D eigenvalue weighted by atomic mass is 35.5. The van der Waals surface area contributed by atoms with Crippen LogP contribution in [0.3, 0.4) is 0 Å². The third-order valence-electron chi connectivity index (χ3n) is 3.40. The van der Waals surface area contributed by atoms with Crippen molar-refractivity contribution < 1.29 is 0 Å². The zero-order valence-corrected chi connectivity index (χ0v) is 13.8. The Morgan fingerprint density at radius 2 is 1.74 bits per heavy atom. The van der Waals surface area contributed by atoms with Crippen LogP contribution in [-0.2, 0) is 0 Å². The fraction of sp³-hybridized carbons (Fsp3) is 0.0625. The molecule has 0 spiro atoms. The summed E-state index contributed by atoms with van der Waals surface area (Å²) in [6, 6.07) is 15.6. The van der Waals surface area contributed by atoms with Crippen LogP contribution in [0.5, 0.6) is 0 Å². The normalized spacial score (nSPS) is 11.0. The number of nitrogens with zero attached hydrogens (tertiary/aromatic N) is 4. The smallest absolute Gasteiger partial charge is 0.236 e. The van der Waals surface area contributed by atoms with Crippen molar-refractivity contribution in [2.75, 3.05) is 5.32 Å². The quantitative estimate of drug-likeness (QED) is 0.593. The van der Waals surface area contributed by atoms with Gasteiger partial charge in [-0.3, -0.25) is 0 Å². The van der Waals surface area contributed by atoms with E-state index in [2.05, 4.69) is 39.7 Å². The van der Waals surface area contributed by atoms with Crippen LogP contribution in [0.2, 0.25) is 5.02 Å². The largest absolute Gasteiger partial charge is 0.330 e. The van der Waals surface area contributed by atoms with Gasteiger partial charge in [0.05, 0.1) is 0 Å². The summed E-state index contributed by atoms with van der Waals surface area (Å²) in [5.41, 5.74) is 3.13. The van der Waals surface area contributed by atoms with Gasteiger partial charge in [0.2, 0.25) is 10.1 Å². The summed E-state index contributed by atoms with van der Waals surface area (Å²) in [4.78, 5) is 0.747. The third-order valence-corrected chi connectivity index (χ3v) is 4.46. The SMILES string of the molecule is Cc1ccc(-c2nnc3sc(Nc4ccc(Cl)cc4)nn23)cc1. The second-order valence-corrected chi connectivity index (χ2v) is 6.52. The molecule has 114 valence electrons. The van der Waals surface area contributed by atoms with E-state index < -0.39 is 0 Å². The number of aryl methyl sites for hydroxylation is 1. The van der Waals surface area contributed by atoms with Crippen molar-refractivity contribution in [2.45, 2.75) is 6.92 Å². The lowest BCUT2D eigenvalue weighted by molar-refractivity contribution is 0.970. The Labute approximate surface area is 141 Å². The van der Waals surface area contributed by atoms with Gasteiger partial charge in [0.25, 0.3) is 0 Å². The minimum Gasteiger partial charge on any atom is -0.330 e. The summed E-state index contributed by atoms with van der Waals surface area (Å²) < 4.78 is 1.76. The summed E-state index contributed by atoms with van der Waals surface area (Å²) in [6.45, 7) is 2.06. The summed E-state index contributed by atoms with van der Waals surface area (Å²) in [6.07, 6.45) is 0. The minimum atomic E-state index is 0.704. The molecule has 4 rings (SSSR count). The lowest BCUT2D eigenvalue weighted by Gasteiger charge is -2.01. The van der Waals surface area contributed by atoms with E-state index in [4.69, 9.17) is 11.6 Å². The van der Waals surface area contributed by atoms with Crippen molar-refractivity contribution in [3.63, 3.8) is 0 Å². The fourth-order valence-electron chi connectivity index (χ4n) is 2.21. The molecule has 0 bridgehead atoms. The van der Waals surface area contributed by atoms with Crippen LogP contribution >= 0.6 is 22.9 Å². The molecular formula is C16H12ClN5S. The van der Waals surface area contributed by atoms with Crippen LogP contribution in [0.4, 0.5) is 10.8 Å². The molecule has 0 saturated heterocycles. The predicted molar refractivity (Wildman–Crippen MR) is 93.6 cm³/mol. The van der Waals surface area contributed by atoms with E-state index in [0.29, 0.717) is 5.02 Å². The summed E-state index contributed by atoms with van der Waals surface area (Å²) in [5.74, 6) is 0.736. The molecular weight excluding hydrogens is 330 g/mol. The van der Waals surface area contributed by atoms with E-state index >= 15 is 0 Å². The molecule has 0 atom stereocenters. The van der Waals surface area contributed by atoms with Crippen LogP contribution in [-0.4, -0.2) is 19.8 Å². The number of benzene rings is 2. The van der Waals surface area contributed by atoms with E-state index in [1.54, 1.807) is 4.52 Å². The molecule has 0 unspecified atom stereocenters. The number of rotatable bonds is 3. The van der Waals surface area contributed by atoms with Gasteiger partial charge in [0.15, 0.2) is 5.82 Å². The van der Waals surface area contributed by atoms with E-state index in [1.807, 2.05) is 36.4 Å². The van der Waals surface area contributed by atoms with Crippen LogP contribution in [0, 0.1) is 6.92 Å². The predicted octanol–water partition coefficient (Wildman–Crippen LogP) is 4.56. The number of anilines is 2. The first-order chi connectivity index (χ1) is 11.2. The van der Waals surface area contributed by atoms with Gasteiger partial charge in [-0.25, -0.2) is 0 Å². The van der Waals surface area contributed by atoms with Crippen molar-refractivity contribution in [1.82, 2.24) is 19.8 Å². The standard InChI is InChI=1S/C16H12ClN5S/c1-10-2-4-11(5-3-10)14-19-20-16-22(14)21-15(23-16)18-13-8-6-12(17)7-9-13/h2-9H,1H3,(H,18,21). The van der Waals surface area contributed by atoms with Gasteiger partial charge in [0.1, 0.15) is 0 Å². The van der Waals surface area contributed by atoms with Crippen molar-refractivity contribution >= 4 is 38.7 Å². The van der Waals surface area contributed by atoms with E-state index in [-0.39, 0.29) is 0 Å². The number of halogens is 1. The molecule has 1 N–H and O–H groups in total. The molecule has 5 nitrogen and oxygen atoms in total. The number of hydrogen-bond acceptors (Lipinski definition) is 5. The molecule has 0 aliphatic carbocycles. The van der Waals surface area contributed by atoms with E-state index in [1.165, 1.54) is 16.9 Å². The summed E-state index contributed by atoms with van der Waals surface area (Å²) in [7, 11) is 0. The Kier molecular flexibility index (Phi) is 3.48. The van der Waals surface area contributed by atoms with Gasteiger partial charge in [-0.05, 0) is 31.2 Å². The minimum absolute atomic E-state index is 0.704. The number of aromatic nitrogens is 4. The maximum Gasteiger partial charge on any atom is 0.236 e. The number of fused-ring (bicyclic) bond motifs is 1. The molecule has 0 radical (unpaired) electrons. The zero-order chi connectivity index (χ0) is 15.8. The van der Waals surface area contributed by atoms with Gasteiger partial charge in [0, 0.05) is 16.3 Å². The van der Waals surface area contributed by atoms with Gasteiger partial charge in [-0.2, -0.15) is 4.52 Å². The maximum absolute atomic E-state index is 5.90. The van der Waals surface area contributed by atoms with Crippen molar-refractivity contribution in [3.8, 4) is 11.4 Å². The molecule has 2 aromatic heterocycles. The third kappa shape index (κ3) is 2.78. The monoisotopic (exact) mass is 341 g/mol. The van der Waals surface area contributed by atoms with Crippen molar-refractivity contribution in [2.24, 2.45) is 0 Å². The van der Waals surface area contributed by atoms with E-state index in [0.717, 1.165) is 27.2 Å². The zero-order valence-electron chi connectivity index (χ0n) is 12.2. The first kappa shape index (κ1) is 14.2. The Morgan fingerprint density at radius 3 is 2.48 bits per heavy atom. The van der Waals surface area contributed by atoms with Crippen LogP contribution in [0.1, 0.15) is 5.56 Å². The maximum atomic E-state index is 5.90. The molecule has 0 fully saturated rings. The van der Waals surface area contributed by atoms with Crippen LogP contribution < -0.4 is 5.32 Å². The fourth-order valence-corrected chi connectivity index (χ4v) is 3.09. The number of hydrogen-bond donors (Lipinski definition) is 1. The summed E-state index contributed by atoms with van der Waals surface area (Å²) >= 11 is 7.35. The molecule has 0 aliphatic rings. The first-order valence-corrected chi connectivity index (χ1v) is 8.20. The highest BCUT2D eigenvalue weighted by Gasteiger charge is 2.13. The topological polar surface area (TPSA) is 55.1 Å². The molecule has 0 saturated carbocycles. The highest BCUT2D eigenvalue weighted by Crippen LogP contribution is 2.26. The second kappa shape index (κ2) is 5.64. The molecule has 2 aromatic carbocycles. The molecule has 0 aliphatic heterocycles. The van der Waals surface area contributed by atoms with Gasteiger partial charge >= 0.3 is 0 Å². The second-order valence-electron chi connectivity index (χ2n) is 5.12. The molecule has 7 heteroatoms. The Bertz CT molecular complexity index is 956. The molecule has 4 aromatic rings. The Balaban J connectivity index is 1.68. The van der Waals surface area contributed by atoms with Crippen molar-refractivity contribution in [3.05, 3.63) is 59.1 Å². The summed E-state index contributed by atoms with van der Waals surface area (Å²) in [5, 5.41) is 17.7. The molecule has 23 heavy (non-hydrogen) atoms. The van der Waals surface area contributed by atoms with Crippen LogP contribution in [0.15, 0.2) is 48.5 Å². The lowest BCUT2D eigenvalue weighted by atomic mass is 10.1. The van der Waals surface area contributed by atoms with Crippen LogP contribution in [0.25, 0.3) is 16.3 Å². The van der Waals surface area contributed by atoms with Gasteiger partial charge in [-0.1, -0.05) is 52.8 Å². The Hall–Kier alpha value is -2.44. The van der Waals surface area contributed by atoms with Gasteiger partial charge in [-0.15, -0.1) is 15.3 Å². The Morgan fingerprint density at radius 1 is 1.00 bits per heavy atom. The first-order valence-electron chi connectivity index (χ1n) is 7.01. The van der Waals surface area contributed by atoms with E-state index in [9.17, 15) is 0 Å². The highest BCUT2D eigenvalue weighted by molar-refractivity contribution is 7.20. The number of nitrogens with one attached hydrogen (secondary N) is 1. The molecule has 2 heterocycles. The lowest BCUT2D eigenvalue weighted by Crippen LogP contribution is -1.94. The average Bonchev–Trinajstić information content (AvgIpc) is 3.11.